The van der Waals surface area contributed by atoms with Gasteiger partial charge in [-0.1, -0.05) is 36.4 Å². The molecule has 2 aromatic heterocycles. The fourth-order valence-electron chi connectivity index (χ4n) is 4.28. The van der Waals surface area contributed by atoms with Gasteiger partial charge in [-0.3, -0.25) is 9.69 Å². The molecule has 6 heteroatoms. The summed E-state index contributed by atoms with van der Waals surface area (Å²) >= 11 is 0. The van der Waals surface area contributed by atoms with Crippen molar-refractivity contribution in [2.45, 2.75) is 19.9 Å². The van der Waals surface area contributed by atoms with Gasteiger partial charge >= 0.3 is 0 Å². The van der Waals surface area contributed by atoms with Gasteiger partial charge in [0.05, 0.1) is 11.6 Å². The Morgan fingerprint density at radius 3 is 2.42 bits per heavy atom. The molecule has 6 nitrogen and oxygen atoms in total. The van der Waals surface area contributed by atoms with Crippen LogP contribution in [0.15, 0.2) is 60.8 Å². The second kappa shape index (κ2) is 9.45. The maximum Gasteiger partial charge on any atom is 0.253 e. The van der Waals surface area contributed by atoms with Crippen LogP contribution in [0.5, 0.6) is 0 Å². The highest BCUT2D eigenvalue weighted by molar-refractivity contribution is 5.96. The molecule has 1 atom stereocenters. The molecule has 1 aliphatic rings. The number of benzene rings is 1. The summed E-state index contributed by atoms with van der Waals surface area (Å²) in [7, 11) is 2.16. The third-order valence-electron chi connectivity index (χ3n) is 6.10. The fraction of sp³-hybridized carbons (Fsp3) is 0.360. The highest BCUT2D eigenvalue weighted by atomic mass is 16.1. The van der Waals surface area contributed by atoms with E-state index in [9.17, 15) is 4.79 Å². The van der Waals surface area contributed by atoms with E-state index in [1.807, 2.05) is 60.9 Å². The van der Waals surface area contributed by atoms with Crippen LogP contribution in [-0.4, -0.2) is 65.0 Å². The lowest BCUT2D eigenvalue weighted by Gasteiger charge is -2.35. The van der Waals surface area contributed by atoms with Crippen molar-refractivity contribution >= 4 is 5.91 Å². The first-order chi connectivity index (χ1) is 15.0. The van der Waals surface area contributed by atoms with Gasteiger partial charge in [-0.25, -0.2) is 4.98 Å². The lowest BCUT2D eigenvalue weighted by atomic mass is 10.0. The zero-order chi connectivity index (χ0) is 21.8. The molecule has 1 aromatic carbocycles. The van der Waals surface area contributed by atoms with Crippen molar-refractivity contribution < 1.29 is 4.79 Å². The highest BCUT2D eigenvalue weighted by Crippen LogP contribution is 2.22. The third-order valence-corrected chi connectivity index (χ3v) is 6.10. The van der Waals surface area contributed by atoms with Gasteiger partial charge in [0.25, 0.3) is 5.91 Å². The van der Waals surface area contributed by atoms with Crippen molar-refractivity contribution in [3.05, 3.63) is 83.3 Å². The first kappa shape index (κ1) is 21.3. The fourth-order valence-corrected chi connectivity index (χ4v) is 4.28. The van der Waals surface area contributed by atoms with Crippen molar-refractivity contribution in [3.8, 4) is 5.82 Å². The predicted octanol–water partition coefficient (Wildman–Crippen LogP) is 3.21. The van der Waals surface area contributed by atoms with E-state index in [1.54, 1.807) is 6.20 Å². The molecule has 3 aromatic rings. The number of aromatic nitrogens is 2. The number of amides is 1. The van der Waals surface area contributed by atoms with Gasteiger partial charge in [-0.05, 0) is 44.7 Å². The number of hydrogen-bond donors (Lipinski definition) is 1. The molecule has 1 saturated heterocycles. The molecule has 0 aliphatic carbocycles. The van der Waals surface area contributed by atoms with E-state index in [-0.39, 0.29) is 11.9 Å². The quantitative estimate of drug-likeness (QED) is 0.669. The van der Waals surface area contributed by atoms with Crippen molar-refractivity contribution in [1.29, 1.82) is 0 Å². The van der Waals surface area contributed by atoms with Gasteiger partial charge in [0.15, 0.2) is 0 Å². The van der Waals surface area contributed by atoms with Crippen molar-refractivity contribution in [1.82, 2.24) is 24.7 Å². The number of piperazine rings is 1. The van der Waals surface area contributed by atoms with Crippen molar-refractivity contribution in [2.24, 2.45) is 0 Å². The molecule has 1 aliphatic heterocycles. The number of hydrogen-bond acceptors (Lipinski definition) is 4. The van der Waals surface area contributed by atoms with Crippen LogP contribution in [0.4, 0.5) is 0 Å². The monoisotopic (exact) mass is 417 g/mol. The Hall–Kier alpha value is -2.96. The summed E-state index contributed by atoms with van der Waals surface area (Å²) in [6.07, 6.45) is 1.77. The van der Waals surface area contributed by atoms with E-state index >= 15 is 0 Å². The zero-order valence-corrected chi connectivity index (χ0v) is 18.6. The first-order valence-electron chi connectivity index (χ1n) is 10.9. The van der Waals surface area contributed by atoms with Crippen LogP contribution in [0.25, 0.3) is 5.82 Å². The Morgan fingerprint density at radius 2 is 1.74 bits per heavy atom. The number of carbonyl (C=O) groups is 1. The average molecular weight is 418 g/mol. The number of rotatable bonds is 6. The number of nitrogens with one attached hydrogen (secondary N) is 1. The molecule has 31 heavy (non-hydrogen) atoms. The first-order valence-corrected chi connectivity index (χ1v) is 10.9. The Morgan fingerprint density at radius 1 is 1.03 bits per heavy atom. The molecule has 0 radical (unpaired) electrons. The van der Waals surface area contributed by atoms with E-state index in [0.29, 0.717) is 5.56 Å². The zero-order valence-electron chi connectivity index (χ0n) is 18.6. The molecular formula is C25H31N5O. The van der Waals surface area contributed by atoms with Crippen LogP contribution >= 0.6 is 0 Å². The Kier molecular flexibility index (Phi) is 6.49. The molecule has 1 fully saturated rings. The van der Waals surface area contributed by atoms with Crippen molar-refractivity contribution in [2.75, 3.05) is 39.8 Å². The van der Waals surface area contributed by atoms with E-state index < -0.39 is 0 Å². The summed E-state index contributed by atoms with van der Waals surface area (Å²) in [5.74, 6) is 0.784. The molecule has 1 unspecified atom stereocenters. The van der Waals surface area contributed by atoms with Crippen molar-refractivity contribution in [3.63, 3.8) is 0 Å². The molecule has 0 saturated carbocycles. The normalized spacial score (nSPS) is 16.2. The average Bonchev–Trinajstić information content (AvgIpc) is 3.10. The highest BCUT2D eigenvalue weighted by Gasteiger charge is 2.24. The van der Waals surface area contributed by atoms with Crippen LogP contribution in [0.3, 0.4) is 0 Å². The van der Waals surface area contributed by atoms with E-state index in [0.717, 1.165) is 55.5 Å². The van der Waals surface area contributed by atoms with Crippen LogP contribution in [-0.2, 0) is 0 Å². The Bertz CT molecular complexity index is 1010. The van der Waals surface area contributed by atoms with Crippen LogP contribution in [0, 0.1) is 13.8 Å². The molecule has 1 amide bonds. The maximum atomic E-state index is 13.4. The largest absolute Gasteiger partial charge is 0.344 e. The third kappa shape index (κ3) is 4.86. The smallest absolute Gasteiger partial charge is 0.253 e. The van der Waals surface area contributed by atoms with E-state index in [1.165, 1.54) is 0 Å². The lowest BCUT2D eigenvalue weighted by molar-refractivity contribution is 0.0906. The van der Waals surface area contributed by atoms with Gasteiger partial charge in [0.1, 0.15) is 5.82 Å². The molecular weight excluding hydrogens is 386 g/mol. The summed E-state index contributed by atoms with van der Waals surface area (Å²) in [4.78, 5) is 22.6. The van der Waals surface area contributed by atoms with E-state index in [2.05, 4.69) is 39.3 Å². The van der Waals surface area contributed by atoms with Crippen LogP contribution < -0.4 is 5.32 Å². The minimum atomic E-state index is -0.0602. The molecule has 3 heterocycles. The second-order valence-electron chi connectivity index (χ2n) is 8.35. The predicted molar refractivity (Wildman–Crippen MR) is 124 cm³/mol. The Labute approximate surface area is 184 Å². The molecule has 1 N–H and O–H groups in total. The second-order valence-corrected chi connectivity index (χ2v) is 8.35. The minimum Gasteiger partial charge on any atom is -0.344 e. The van der Waals surface area contributed by atoms with Gasteiger partial charge in [-0.2, -0.15) is 0 Å². The number of pyridine rings is 1. The lowest BCUT2D eigenvalue weighted by Crippen LogP contribution is -2.47. The number of nitrogens with zero attached hydrogens (tertiary/aromatic N) is 4. The summed E-state index contributed by atoms with van der Waals surface area (Å²) in [5.41, 5.74) is 3.73. The van der Waals surface area contributed by atoms with E-state index in [4.69, 9.17) is 0 Å². The molecule has 0 spiro atoms. The Balaban J connectivity index is 1.56. The summed E-state index contributed by atoms with van der Waals surface area (Å²) < 4.78 is 2.03. The van der Waals surface area contributed by atoms with Gasteiger partial charge < -0.3 is 14.8 Å². The van der Waals surface area contributed by atoms with Gasteiger partial charge in [0, 0.05) is 50.3 Å². The number of likely N-dealkylation sites (N-methyl/N-ethyl adjacent to an activating group) is 1. The standard InChI is InChI=1S/C25H31N5O/c1-19-17-22(20(2)30(19)24-11-7-8-12-26-24)25(31)27-23(21-9-5-4-6-10-21)18-29-15-13-28(3)14-16-29/h4-12,17,23H,13-16,18H2,1-3H3,(H,27,31). The topological polar surface area (TPSA) is 53.4 Å². The molecule has 162 valence electrons. The minimum absolute atomic E-state index is 0.0433. The van der Waals surface area contributed by atoms with Crippen LogP contribution in [0.1, 0.15) is 33.4 Å². The molecule has 0 bridgehead atoms. The van der Waals surface area contributed by atoms with Gasteiger partial charge in [-0.15, -0.1) is 0 Å². The summed E-state index contributed by atoms with van der Waals surface area (Å²) in [6, 6.07) is 18.0. The SMILES string of the molecule is Cc1cc(C(=O)NC(CN2CCN(C)CC2)c2ccccc2)c(C)n1-c1ccccn1. The van der Waals surface area contributed by atoms with Crippen LogP contribution in [0.2, 0.25) is 0 Å². The number of aryl methyl sites for hydroxylation is 1. The summed E-state index contributed by atoms with van der Waals surface area (Å²) in [5, 5.41) is 3.31. The number of carbonyl (C=O) groups excluding carboxylic acids is 1. The van der Waals surface area contributed by atoms with Gasteiger partial charge in [0.2, 0.25) is 0 Å². The summed E-state index contributed by atoms with van der Waals surface area (Å²) in [6.45, 7) is 8.95. The molecule has 4 rings (SSSR count). The maximum absolute atomic E-state index is 13.4.